The number of ether oxygens (including phenoxy) is 2. The quantitative estimate of drug-likeness (QED) is 0.349. The van der Waals surface area contributed by atoms with Crippen molar-refractivity contribution in [3.8, 4) is 11.5 Å². The summed E-state index contributed by atoms with van der Waals surface area (Å²) in [5, 5.41) is 10.4. The molecule has 3 atom stereocenters. The van der Waals surface area contributed by atoms with E-state index in [1.165, 1.54) is 10.4 Å². The maximum Gasteiger partial charge on any atom is 0.309 e. The standard InChI is InChI=1S/C28H36F2N2O6S/c1-3-5-6-14-39(35,36)32(11-4-2)13-12-31-17-21(19-8-10-24-25(16-19)38-18-37-24)26(28(33)34)27(31)20-7-9-22(29)23(30)15-20/h7-10,15-16,21,26-27H,3-6,11-14,17-18H2,1-2H3,(H,33,34)/t21-,26+,27-/m1/s1. The maximum absolute atomic E-state index is 14.3. The van der Waals surface area contributed by atoms with Gasteiger partial charge in [-0.1, -0.05) is 38.8 Å². The fourth-order valence-electron chi connectivity index (χ4n) is 5.58. The molecule has 0 amide bonds. The number of carbonyl (C=O) groups is 1. The van der Waals surface area contributed by atoms with Gasteiger partial charge in [-0.2, -0.15) is 0 Å². The summed E-state index contributed by atoms with van der Waals surface area (Å²) in [5.41, 5.74) is 1.05. The fourth-order valence-corrected chi connectivity index (χ4v) is 7.23. The average molecular weight is 567 g/mol. The highest BCUT2D eigenvalue weighted by Gasteiger charge is 2.47. The zero-order chi connectivity index (χ0) is 28.2. The number of likely N-dealkylation sites (tertiary alicyclic amines) is 1. The lowest BCUT2D eigenvalue weighted by Gasteiger charge is -2.30. The van der Waals surface area contributed by atoms with E-state index in [0.29, 0.717) is 36.4 Å². The van der Waals surface area contributed by atoms with Gasteiger partial charge in [-0.25, -0.2) is 21.5 Å². The summed E-state index contributed by atoms with van der Waals surface area (Å²) < 4.78 is 66.7. The lowest BCUT2D eigenvalue weighted by Crippen LogP contribution is -2.40. The molecule has 1 N–H and O–H groups in total. The Morgan fingerprint density at radius 2 is 1.74 bits per heavy atom. The first-order valence-corrected chi connectivity index (χ1v) is 15.1. The Labute approximate surface area is 228 Å². The summed E-state index contributed by atoms with van der Waals surface area (Å²) in [6.45, 7) is 5.05. The molecule has 8 nitrogen and oxygen atoms in total. The molecule has 2 aliphatic heterocycles. The van der Waals surface area contributed by atoms with Crippen molar-refractivity contribution >= 4 is 16.0 Å². The van der Waals surface area contributed by atoms with E-state index in [-0.39, 0.29) is 32.2 Å². The summed E-state index contributed by atoms with van der Waals surface area (Å²) in [7, 11) is -3.49. The second-order valence-corrected chi connectivity index (χ2v) is 12.2. The van der Waals surface area contributed by atoms with Crippen LogP contribution in [0.4, 0.5) is 8.78 Å². The van der Waals surface area contributed by atoms with E-state index < -0.39 is 45.5 Å². The van der Waals surface area contributed by atoms with Crippen molar-refractivity contribution in [2.45, 2.75) is 51.5 Å². The Morgan fingerprint density at radius 1 is 1.00 bits per heavy atom. The highest BCUT2D eigenvalue weighted by Crippen LogP contribution is 2.47. The van der Waals surface area contributed by atoms with Gasteiger partial charge in [-0.05, 0) is 48.2 Å². The third-order valence-corrected chi connectivity index (χ3v) is 9.46. The van der Waals surface area contributed by atoms with Gasteiger partial charge in [0.25, 0.3) is 0 Å². The van der Waals surface area contributed by atoms with Crippen LogP contribution in [0.1, 0.15) is 62.6 Å². The normalized spacial score (nSPS) is 21.1. The number of unbranched alkanes of at least 4 members (excludes halogenated alkanes) is 2. The summed E-state index contributed by atoms with van der Waals surface area (Å²) in [4.78, 5) is 14.6. The van der Waals surface area contributed by atoms with Gasteiger partial charge in [-0.15, -0.1) is 0 Å². The summed E-state index contributed by atoms with van der Waals surface area (Å²) in [6, 6.07) is 7.93. The number of fused-ring (bicyclic) bond motifs is 1. The van der Waals surface area contributed by atoms with Crippen LogP contribution in [0.2, 0.25) is 0 Å². The van der Waals surface area contributed by atoms with Crippen molar-refractivity contribution in [3.05, 3.63) is 59.2 Å². The second-order valence-electron chi connectivity index (χ2n) is 10.1. The molecule has 39 heavy (non-hydrogen) atoms. The highest BCUT2D eigenvalue weighted by atomic mass is 32.2. The van der Waals surface area contributed by atoms with E-state index >= 15 is 0 Å². The number of halogens is 2. The molecule has 2 aromatic rings. The predicted octanol–water partition coefficient (Wildman–Crippen LogP) is 4.77. The Kier molecular flexibility index (Phi) is 9.45. The van der Waals surface area contributed by atoms with E-state index in [0.717, 1.165) is 30.5 Å². The number of benzene rings is 2. The van der Waals surface area contributed by atoms with E-state index in [1.807, 2.05) is 18.7 Å². The molecule has 0 spiro atoms. The largest absolute Gasteiger partial charge is 0.481 e. The minimum atomic E-state index is -3.49. The third kappa shape index (κ3) is 6.53. The Hall–Kier alpha value is -2.76. The molecular weight excluding hydrogens is 530 g/mol. The van der Waals surface area contributed by atoms with Crippen molar-refractivity contribution in [1.82, 2.24) is 9.21 Å². The topological polar surface area (TPSA) is 96.4 Å². The van der Waals surface area contributed by atoms with Crippen LogP contribution >= 0.6 is 0 Å². The maximum atomic E-state index is 14.3. The van der Waals surface area contributed by atoms with Crippen LogP contribution in [0, 0.1) is 17.6 Å². The Bertz CT molecular complexity index is 1270. The van der Waals surface area contributed by atoms with Crippen molar-refractivity contribution in [3.63, 3.8) is 0 Å². The van der Waals surface area contributed by atoms with Crippen LogP contribution < -0.4 is 9.47 Å². The van der Waals surface area contributed by atoms with Gasteiger partial charge in [-0.3, -0.25) is 9.69 Å². The van der Waals surface area contributed by atoms with E-state index in [2.05, 4.69) is 0 Å². The molecule has 0 aliphatic carbocycles. The predicted molar refractivity (Wildman–Crippen MR) is 142 cm³/mol. The molecule has 0 aromatic heterocycles. The monoisotopic (exact) mass is 566 g/mol. The molecular formula is C28H36F2N2O6S. The minimum Gasteiger partial charge on any atom is -0.481 e. The van der Waals surface area contributed by atoms with Gasteiger partial charge in [0.05, 0.1) is 11.7 Å². The number of carboxylic acids is 1. The first-order chi connectivity index (χ1) is 18.7. The molecule has 214 valence electrons. The van der Waals surface area contributed by atoms with Gasteiger partial charge in [0, 0.05) is 38.1 Å². The average Bonchev–Trinajstić information content (AvgIpc) is 3.52. The van der Waals surface area contributed by atoms with Crippen molar-refractivity contribution < 1.29 is 36.6 Å². The van der Waals surface area contributed by atoms with Crippen molar-refractivity contribution in [1.29, 1.82) is 0 Å². The fraction of sp³-hybridized carbons (Fsp3) is 0.536. The zero-order valence-electron chi connectivity index (χ0n) is 22.3. The van der Waals surface area contributed by atoms with Crippen molar-refractivity contribution in [2.75, 3.05) is 38.7 Å². The summed E-state index contributed by atoms with van der Waals surface area (Å²) in [6.07, 6.45) is 2.94. The number of hydrogen-bond acceptors (Lipinski definition) is 6. The smallest absolute Gasteiger partial charge is 0.309 e. The van der Waals surface area contributed by atoms with Crippen LogP contribution in [0.25, 0.3) is 0 Å². The molecule has 0 bridgehead atoms. The van der Waals surface area contributed by atoms with Crippen LogP contribution in [0.3, 0.4) is 0 Å². The molecule has 0 radical (unpaired) electrons. The summed E-state index contributed by atoms with van der Waals surface area (Å²) >= 11 is 0. The second kappa shape index (κ2) is 12.6. The molecule has 0 saturated carbocycles. The zero-order valence-corrected chi connectivity index (χ0v) is 23.1. The van der Waals surface area contributed by atoms with Gasteiger partial charge in [0.15, 0.2) is 23.1 Å². The molecule has 2 aliphatic rings. The van der Waals surface area contributed by atoms with Crippen LogP contribution in [-0.2, 0) is 14.8 Å². The van der Waals surface area contributed by atoms with Crippen LogP contribution in [-0.4, -0.2) is 67.4 Å². The number of carboxylic acid groups (broad SMARTS) is 1. The molecule has 2 aromatic carbocycles. The molecule has 1 saturated heterocycles. The lowest BCUT2D eigenvalue weighted by molar-refractivity contribution is -0.143. The molecule has 4 rings (SSSR count). The molecule has 11 heteroatoms. The first-order valence-electron chi connectivity index (χ1n) is 13.5. The van der Waals surface area contributed by atoms with Crippen LogP contribution in [0.15, 0.2) is 36.4 Å². The van der Waals surface area contributed by atoms with Gasteiger partial charge < -0.3 is 14.6 Å². The number of rotatable bonds is 13. The summed E-state index contributed by atoms with van der Waals surface area (Å²) in [5.74, 6) is -3.50. The lowest BCUT2D eigenvalue weighted by atomic mass is 9.82. The highest BCUT2D eigenvalue weighted by molar-refractivity contribution is 7.89. The van der Waals surface area contributed by atoms with E-state index in [4.69, 9.17) is 9.47 Å². The van der Waals surface area contributed by atoms with E-state index in [9.17, 15) is 27.1 Å². The van der Waals surface area contributed by atoms with Gasteiger partial charge in [0.1, 0.15) is 0 Å². The number of nitrogens with zero attached hydrogens (tertiary/aromatic N) is 2. The number of sulfonamides is 1. The van der Waals surface area contributed by atoms with E-state index in [1.54, 1.807) is 18.2 Å². The first kappa shape index (κ1) is 29.2. The number of hydrogen-bond donors (Lipinski definition) is 1. The van der Waals surface area contributed by atoms with Crippen LogP contribution in [0.5, 0.6) is 11.5 Å². The SMILES string of the molecule is CCCCCS(=O)(=O)N(CCC)CCN1C[C@H](c2ccc3c(c2)OCO3)[C@H](C(=O)O)[C@H]1c1ccc(F)c(F)c1. The van der Waals surface area contributed by atoms with Crippen molar-refractivity contribution in [2.24, 2.45) is 5.92 Å². The van der Waals surface area contributed by atoms with Gasteiger partial charge >= 0.3 is 5.97 Å². The van der Waals surface area contributed by atoms with Gasteiger partial charge in [0.2, 0.25) is 16.8 Å². The number of aliphatic carboxylic acids is 1. The Balaban J connectivity index is 1.66. The third-order valence-electron chi connectivity index (χ3n) is 7.50. The minimum absolute atomic E-state index is 0.0605. The molecule has 2 heterocycles. The Morgan fingerprint density at radius 3 is 2.44 bits per heavy atom. The molecule has 1 fully saturated rings. The molecule has 0 unspecified atom stereocenters.